The highest BCUT2D eigenvalue weighted by molar-refractivity contribution is 6.35. The van der Waals surface area contributed by atoms with Crippen molar-refractivity contribution >= 4 is 41.1 Å². The molecule has 1 aliphatic heterocycles. The number of oxazole rings is 1. The molecule has 1 aromatic heterocycles. The summed E-state index contributed by atoms with van der Waals surface area (Å²) in [5, 5.41) is 0.602. The molecule has 0 aliphatic carbocycles. The van der Waals surface area contributed by atoms with Crippen LogP contribution in [0, 0.1) is 0 Å². The van der Waals surface area contributed by atoms with Crippen LogP contribution in [-0.2, 0) is 0 Å². The Labute approximate surface area is 96.1 Å². The van der Waals surface area contributed by atoms with Crippen LogP contribution in [0.5, 0.6) is 0 Å². The average molecular weight is 235 g/mol. The molecule has 5 nitrogen and oxygen atoms in total. The Morgan fingerprint density at radius 2 is 2.31 bits per heavy atom. The van der Waals surface area contributed by atoms with E-state index in [2.05, 4.69) is 15.0 Å². The first-order valence-electron chi connectivity index (χ1n) is 4.66. The predicted octanol–water partition coefficient (Wildman–Crippen LogP) is 2.32. The van der Waals surface area contributed by atoms with Crippen LogP contribution >= 0.6 is 11.6 Å². The van der Waals surface area contributed by atoms with E-state index in [1.54, 1.807) is 18.5 Å². The van der Waals surface area contributed by atoms with Gasteiger partial charge in [0.05, 0.1) is 17.0 Å². The van der Waals surface area contributed by atoms with Gasteiger partial charge in [0.25, 0.3) is 0 Å². The number of hydrogen-bond acceptors (Lipinski definition) is 5. The number of halogens is 1. The summed E-state index contributed by atoms with van der Waals surface area (Å²) >= 11 is 6.16. The Morgan fingerprint density at radius 3 is 3.12 bits per heavy atom. The van der Waals surface area contributed by atoms with Gasteiger partial charge < -0.3 is 9.32 Å². The fraction of sp³-hybridized carbons (Fsp3) is 0.100. The predicted molar refractivity (Wildman–Crippen MR) is 63.3 cm³/mol. The van der Waals surface area contributed by atoms with Crippen LogP contribution in [0.2, 0.25) is 5.02 Å². The van der Waals surface area contributed by atoms with Crippen molar-refractivity contribution in [3.8, 4) is 0 Å². The first-order valence-corrected chi connectivity index (χ1v) is 5.04. The second-order valence-corrected chi connectivity index (χ2v) is 3.68. The highest BCUT2D eigenvalue weighted by Gasteiger charge is 2.16. The first kappa shape index (κ1) is 9.35. The molecule has 0 amide bonds. The molecule has 0 bridgehead atoms. The Balaban J connectivity index is 2.20. The summed E-state index contributed by atoms with van der Waals surface area (Å²) < 4.78 is 5.23. The third-order valence-electron chi connectivity index (χ3n) is 2.30. The summed E-state index contributed by atoms with van der Waals surface area (Å²) in [6, 6.07) is 3.56. The molecule has 6 heteroatoms. The van der Waals surface area contributed by atoms with Crippen LogP contribution in [0.25, 0.3) is 11.1 Å². The van der Waals surface area contributed by atoms with E-state index >= 15 is 0 Å². The monoisotopic (exact) mass is 234 g/mol. The lowest BCUT2D eigenvalue weighted by Crippen LogP contribution is -2.24. The summed E-state index contributed by atoms with van der Waals surface area (Å²) in [6.07, 6.45) is 4.57. The van der Waals surface area contributed by atoms with Crippen LogP contribution in [0.3, 0.4) is 0 Å². The maximum Gasteiger partial charge on any atom is 0.182 e. The van der Waals surface area contributed by atoms with Crippen molar-refractivity contribution < 1.29 is 4.42 Å². The zero-order valence-corrected chi connectivity index (χ0v) is 8.92. The van der Waals surface area contributed by atoms with E-state index in [9.17, 15) is 0 Å². The van der Waals surface area contributed by atoms with E-state index in [4.69, 9.17) is 16.0 Å². The smallest absolute Gasteiger partial charge is 0.182 e. The molecular weight excluding hydrogens is 228 g/mol. The molecule has 0 N–H and O–H groups in total. The molecule has 0 spiro atoms. The van der Waals surface area contributed by atoms with Gasteiger partial charge in [-0.1, -0.05) is 11.6 Å². The molecule has 1 aromatic carbocycles. The summed E-state index contributed by atoms with van der Waals surface area (Å²) in [7, 11) is 0. The van der Waals surface area contributed by atoms with Crippen molar-refractivity contribution in [1.29, 1.82) is 0 Å². The number of hydrogen-bond donors (Lipinski definition) is 0. The van der Waals surface area contributed by atoms with Gasteiger partial charge in [0, 0.05) is 0 Å². The minimum Gasteiger partial charge on any atom is -0.443 e. The fourth-order valence-corrected chi connectivity index (χ4v) is 1.87. The highest BCUT2D eigenvalue weighted by Crippen LogP contribution is 2.33. The van der Waals surface area contributed by atoms with Gasteiger partial charge in [-0.15, -0.1) is 0 Å². The van der Waals surface area contributed by atoms with Gasteiger partial charge in [-0.05, 0) is 12.1 Å². The van der Waals surface area contributed by atoms with Crippen LogP contribution in [0.4, 0.5) is 5.69 Å². The highest BCUT2D eigenvalue weighted by atomic mass is 35.5. The Hall–Kier alpha value is -1.88. The van der Waals surface area contributed by atoms with Crippen LogP contribution in [-0.4, -0.2) is 24.3 Å². The molecule has 1 aliphatic rings. The maximum atomic E-state index is 6.16. The number of aliphatic imine (C=N–C) groups is 2. The largest absolute Gasteiger partial charge is 0.443 e. The number of anilines is 1. The van der Waals surface area contributed by atoms with E-state index in [1.807, 2.05) is 4.90 Å². The molecule has 0 atom stereocenters. The number of aromatic nitrogens is 1. The van der Waals surface area contributed by atoms with Gasteiger partial charge >= 0.3 is 0 Å². The molecule has 0 radical (unpaired) electrons. The summed E-state index contributed by atoms with van der Waals surface area (Å²) in [5.41, 5.74) is 2.19. The van der Waals surface area contributed by atoms with E-state index in [1.165, 1.54) is 12.7 Å². The number of benzene rings is 1. The van der Waals surface area contributed by atoms with E-state index < -0.39 is 0 Å². The minimum atomic E-state index is 0.481. The van der Waals surface area contributed by atoms with Gasteiger partial charge in [-0.2, -0.15) is 0 Å². The second kappa shape index (κ2) is 3.61. The quantitative estimate of drug-likeness (QED) is 0.761. The van der Waals surface area contributed by atoms with Gasteiger partial charge in [0.1, 0.15) is 18.5 Å². The zero-order valence-electron chi connectivity index (χ0n) is 8.17. The Kier molecular flexibility index (Phi) is 2.11. The Morgan fingerprint density at radius 1 is 1.38 bits per heavy atom. The molecule has 2 aromatic rings. The van der Waals surface area contributed by atoms with Gasteiger partial charge in [-0.3, -0.25) is 4.99 Å². The minimum absolute atomic E-state index is 0.481. The topological polar surface area (TPSA) is 54.0 Å². The Bertz CT molecular complexity index is 590. The van der Waals surface area contributed by atoms with Gasteiger partial charge in [0.2, 0.25) is 0 Å². The number of rotatable bonds is 1. The molecule has 0 saturated heterocycles. The third kappa shape index (κ3) is 1.37. The number of nitrogens with zero attached hydrogens (tertiary/aromatic N) is 4. The lowest BCUT2D eigenvalue weighted by atomic mass is 10.2. The van der Waals surface area contributed by atoms with Crippen LogP contribution in [0.15, 0.2) is 32.9 Å². The summed E-state index contributed by atoms with van der Waals surface area (Å²) in [5.74, 6) is 0. The van der Waals surface area contributed by atoms with Gasteiger partial charge in [0.15, 0.2) is 12.0 Å². The standard InChI is InChI=1S/C10H7ClN4O/c11-7-1-2-8-9(14-6-16-8)10(7)15-4-12-3-13-5-15/h1-4,6H,5H2. The second-order valence-electron chi connectivity index (χ2n) is 3.27. The average Bonchev–Trinajstić information content (AvgIpc) is 2.78. The third-order valence-corrected chi connectivity index (χ3v) is 2.61. The summed E-state index contributed by atoms with van der Waals surface area (Å²) in [6.45, 7) is 0.481. The molecule has 0 unspecified atom stereocenters. The van der Waals surface area contributed by atoms with Crippen molar-refractivity contribution in [3.05, 3.63) is 23.5 Å². The normalized spacial score (nSPS) is 14.9. The van der Waals surface area contributed by atoms with Crippen molar-refractivity contribution in [2.75, 3.05) is 11.6 Å². The zero-order chi connectivity index (χ0) is 11.0. The molecular formula is C10H7ClN4O. The van der Waals surface area contributed by atoms with Crippen molar-refractivity contribution in [2.24, 2.45) is 9.98 Å². The molecule has 2 heterocycles. The molecule has 16 heavy (non-hydrogen) atoms. The SMILES string of the molecule is Clc1ccc2ocnc2c1N1C=NC=NC1. The van der Waals surface area contributed by atoms with E-state index in [0.717, 1.165) is 11.2 Å². The van der Waals surface area contributed by atoms with Crippen molar-refractivity contribution in [3.63, 3.8) is 0 Å². The fourth-order valence-electron chi connectivity index (χ4n) is 1.61. The lowest BCUT2D eigenvalue weighted by Gasteiger charge is -2.19. The van der Waals surface area contributed by atoms with E-state index in [0.29, 0.717) is 17.3 Å². The van der Waals surface area contributed by atoms with Crippen molar-refractivity contribution in [2.45, 2.75) is 0 Å². The molecule has 80 valence electrons. The number of fused-ring (bicyclic) bond motifs is 1. The van der Waals surface area contributed by atoms with Crippen LogP contribution in [0.1, 0.15) is 0 Å². The maximum absolute atomic E-state index is 6.16. The van der Waals surface area contributed by atoms with E-state index in [-0.39, 0.29) is 0 Å². The summed E-state index contributed by atoms with van der Waals surface area (Å²) in [4.78, 5) is 14.0. The van der Waals surface area contributed by atoms with Crippen molar-refractivity contribution in [1.82, 2.24) is 4.98 Å². The molecule has 0 fully saturated rings. The molecule has 3 rings (SSSR count). The first-order chi connectivity index (χ1) is 7.86. The van der Waals surface area contributed by atoms with Gasteiger partial charge in [-0.25, -0.2) is 9.98 Å². The van der Waals surface area contributed by atoms with Crippen LogP contribution < -0.4 is 4.90 Å². The lowest BCUT2D eigenvalue weighted by molar-refractivity contribution is 0.602. The molecule has 0 saturated carbocycles.